The highest BCUT2D eigenvalue weighted by Crippen LogP contribution is 2.37. The minimum Gasteiger partial charge on any atom is -0.502 e. The van der Waals surface area contributed by atoms with Gasteiger partial charge in [0.1, 0.15) is 5.65 Å². The van der Waals surface area contributed by atoms with E-state index in [4.69, 9.17) is 9.47 Å². The predicted molar refractivity (Wildman–Crippen MR) is 120 cm³/mol. The zero-order valence-electron chi connectivity index (χ0n) is 17.6. The average molecular weight is 417 g/mol. The van der Waals surface area contributed by atoms with Crippen molar-refractivity contribution in [2.24, 2.45) is 0 Å². The summed E-state index contributed by atoms with van der Waals surface area (Å²) in [4.78, 5) is 13.2. The number of aryl methyl sites for hydroxylation is 1. The zero-order valence-corrected chi connectivity index (χ0v) is 17.6. The van der Waals surface area contributed by atoms with Crippen LogP contribution in [0.5, 0.6) is 17.2 Å². The second-order valence-corrected chi connectivity index (χ2v) is 7.06. The predicted octanol–water partition coefficient (Wildman–Crippen LogP) is 4.40. The first kappa shape index (κ1) is 20.3. The number of phenolic OH excluding ortho intramolecular Hbond substituents is 1. The Kier molecular flexibility index (Phi) is 5.25. The molecule has 0 radical (unpaired) electrons. The molecule has 0 bridgehead atoms. The lowest BCUT2D eigenvalue weighted by molar-refractivity contribution is 0.104. The van der Waals surface area contributed by atoms with Gasteiger partial charge in [0, 0.05) is 6.54 Å². The van der Waals surface area contributed by atoms with Crippen molar-refractivity contribution in [2.75, 3.05) is 14.2 Å². The summed E-state index contributed by atoms with van der Waals surface area (Å²) in [5.41, 5.74) is 4.48. The van der Waals surface area contributed by atoms with Gasteiger partial charge in [-0.15, -0.1) is 6.58 Å². The van der Waals surface area contributed by atoms with Crippen LogP contribution in [0.15, 0.2) is 55.1 Å². The molecule has 2 aromatic heterocycles. The highest BCUT2D eigenvalue weighted by Gasteiger charge is 2.22. The summed E-state index contributed by atoms with van der Waals surface area (Å²) in [5.74, 6) is 0.270. The van der Waals surface area contributed by atoms with E-state index in [0.29, 0.717) is 23.4 Å². The smallest absolute Gasteiger partial charge is 0.200 e. The lowest BCUT2D eigenvalue weighted by atomic mass is 10.1. The van der Waals surface area contributed by atoms with Gasteiger partial charge in [-0.1, -0.05) is 24.3 Å². The fraction of sp³-hybridized carbons (Fsp3) is 0.167. The molecule has 7 heteroatoms. The number of allylic oxidation sites excluding steroid dienone is 2. The van der Waals surface area contributed by atoms with E-state index in [9.17, 15) is 9.90 Å². The van der Waals surface area contributed by atoms with Crippen LogP contribution in [0.3, 0.4) is 0 Å². The van der Waals surface area contributed by atoms with E-state index < -0.39 is 0 Å². The van der Waals surface area contributed by atoms with E-state index in [2.05, 4.69) is 11.7 Å². The number of phenols is 1. The number of ether oxygens (including phenoxy) is 2. The first-order chi connectivity index (χ1) is 15.0. The van der Waals surface area contributed by atoms with Gasteiger partial charge in [-0.25, -0.2) is 4.52 Å². The minimum atomic E-state index is -0.174. The monoisotopic (exact) mass is 417 g/mol. The number of benzene rings is 2. The third kappa shape index (κ3) is 3.34. The Hall–Kier alpha value is -4.00. The maximum absolute atomic E-state index is 13.2. The van der Waals surface area contributed by atoms with Crippen LogP contribution in [0.2, 0.25) is 0 Å². The molecule has 0 amide bonds. The van der Waals surface area contributed by atoms with Crippen molar-refractivity contribution in [1.82, 2.24) is 14.2 Å². The van der Waals surface area contributed by atoms with Crippen LogP contribution in [-0.2, 0) is 6.54 Å². The molecule has 0 aliphatic rings. The van der Waals surface area contributed by atoms with Crippen LogP contribution in [0.4, 0.5) is 0 Å². The van der Waals surface area contributed by atoms with Gasteiger partial charge in [0.05, 0.1) is 36.5 Å². The molecule has 0 unspecified atom stereocenters. The van der Waals surface area contributed by atoms with E-state index in [0.717, 1.165) is 16.7 Å². The van der Waals surface area contributed by atoms with E-state index >= 15 is 0 Å². The summed E-state index contributed by atoms with van der Waals surface area (Å²) in [5, 5.41) is 14.7. The number of aromatic hydroxyl groups is 1. The molecule has 0 fully saturated rings. The fourth-order valence-electron chi connectivity index (χ4n) is 3.79. The topological polar surface area (TPSA) is 78.0 Å². The van der Waals surface area contributed by atoms with Crippen LogP contribution in [0, 0.1) is 6.92 Å². The van der Waals surface area contributed by atoms with Gasteiger partial charge in [-0.3, -0.25) is 4.79 Å². The number of fused-ring (bicyclic) bond motifs is 3. The zero-order chi connectivity index (χ0) is 22.1. The normalized spacial score (nSPS) is 11.5. The van der Waals surface area contributed by atoms with Gasteiger partial charge in [0.25, 0.3) is 0 Å². The number of carbonyl (C=O) groups is 1. The Labute approximate surface area is 179 Å². The maximum Gasteiger partial charge on any atom is 0.200 e. The maximum atomic E-state index is 13.2. The first-order valence-electron chi connectivity index (χ1n) is 9.75. The van der Waals surface area contributed by atoms with E-state index in [-0.39, 0.29) is 23.0 Å². The van der Waals surface area contributed by atoms with Gasteiger partial charge in [0.2, 0.25) is 5.75 Å². The number of hydrogen-bond acceptors (Lipinski definition) is 5. The van der Waals surface area contributed by atoms with Crippen LogP contribution in [0.25, 0.3) is 22.8 Å². The molecule has 0 saturated carbocycles. The van der Waals surface area contributed by atoms with Crippen molar-refractivity contribution in [2.45, 2.75) is 13.5 Å². The Bertz CT molecular complexity index is 1320. The fourth-order valence-corrected chi connectivity index (χ4v) is 3.79. The number of para-hydroxylation sites is 2. The second-order valence-electron chi connectivity index (χ2n) is 7.06. The third-order valence-corrected chi connectivity index (χ3v) is 5.18. The lowest BCUT2D eigenvalue weighted by Crippen LogP contribution is -2.02. The van der Waals surface area contributed by atoms with Crippen LogP contribution in [-0.4, -0.2) is 39.3 Å². The standard InChI is InChI=1S/C24H23N3O4/c1-5-12-26-17-8-6-7-9-18(17)27-24(26)22(15(2)25-27)19(28)11-10-16-13-20(30-3)23(29)21(14-16)31-4/h5-11,13-14,29H,1,12H2,2-4H3/b11-10+. The Morgan fingerprint density at radius 2 is 1.81 bits per heavy atom. The number of hydrogen-bond donors (Lipinski definition) is 1. The van der Waals surface area contributed by atoms with Crippen molar-refractivity contribution in [3.05, 3.63) is 72.0 Å². The van der Waals surface area contributed by atoms with E-state index in [1.807, 2.05) is 40.3 Å². The molecule has 0 aliphatic carbocycles. The molecular weight excluding hydrogens is 394 g/mol. The molecule has 4 rings (SSSR count). The summed E-state index contributed by atoms with van der Waals surface area (Å²) in [7, 11) is 2.91. The SMILES string of the molecule is C=CCn1c2ccccc2n2nc(C)c(C(=O)/C=C/c3cc(OC)c(O)c(OC)c3)c12. The summed E-state index contributed by atoms with van der Waals surface area (Å²) in [6, 6.07) is 11.2. The van der Waals surface area contributed by atoms with Crippen LogP contribution in [0.1, 0.15) is 21.6 Å². The summed E-state index contributed by atoms with van der Waals surface area (Å²) < 4.78 is 14.2. The van der Waals surface area contributed by atoms with Gasteiger partial charge >= 0.3 is 0 Å². The molecule has 31 heavy (non-hydrogen) atoms. The summed E-state index contributed by atoms with van der Waals surface area (Å²) >= 11 is 0. The average Bonchev–Trinajstić information content (AvgIpc) is 3.26. The molecule has 0 saturated heterocycles. The molecular formula is C24H23N3O4. The van der Waals surface area contributed by atoms with Gasteiger partial charge < -0.3 is 19.1 Å². The highest BCUT2D eigenvalue weighted by molar-refractivity contribution is 6.12. The van der Waals surface area contributed by atoms with Crippen molar-refractivity contribution in [3.8, 4) is 17.2 Å². The summed E-state index contributed by atoms with van der Waals surface area (Å²) in [6.07, 6.45) is 4.95. The molecule has 1 N–H and O–H groups in total. The molecule has 2 aromatic carbocycles. The number of nitrogens with zero attached hydrogens (tertiary/aromatic N) is 3. The van der Waals surface area contributed by atoms with Crippen molar-refractivity contribution >= 4 is 28.5 Å². The Balaban J connectivity index is 1.82. The Morgan fingerprint density at radius 3 is 2.42 bits per heavy atom. The Morgan fingerprint density at radius 1 is 1.16 bits per heavy atom. The molecule has 158 valence electrons. The van der Waals surface area contributed by atoms with Crippen molar-refractivity contribution in [1.29, 1.82) is 0 Å². The molecule has 0 aliphatic heterocycles. The second kappa shape index (κ2) is 8.02. The lowest BCUT2D eigenvalue weighted by Gasteiger charge is -2.09. The number of methoxy groups -OCH3 is 2. The minimum absolute atomic E-state index is 0.0865. The third-order valence-electron chi connectivity index (χ3n) is 5.18. The first-order valence-corrected chi connectivity index (χ1v) is 9.75. The molecule has 4 aromatic rings. The quantitative estimate of drug-likeness (QED) is 0.274. The van der Waals surface area contributed by atoms with Crippen LogP contribution >= 0.6 is 0 Å². The largest absolute Gasteiger partial charge is 0.502 e. The number of carbonyl (C=O) groups excluding carboxylic acids is 1. The number of aromatic nitrogens is 3. The van der Waals surface area contributed by atoms with Gasteiger partial charge in [0.15, 0.2) is 17.3 Å². The number of rotatable bonds is 7. The van der Waals surface area contributed by atoms with Crippen molar-refractivity contribution < 1.29 is 19.4 Å². The number of ketones is 1. The van der Waals surface area contributed by atoms with Crippen molar-refractivity contribution in [3.63, 3.8) is 0 Å². The molecule has 0 spiro atoms. The summed E-state index contributed by atoms with van der Waals surface area (Å²) in [6.45, 7) is 6.23. The molecule has 2 heterocycles. The number of imidazole rings is 1. The van der Waals surface area contributed by atoms with Crippen LogP contribution < -0.4 is 9.47 Å². The molecule has 7 nitrogen and oxygen atoms in total. The molecule has 0 atom stereocenters. The highest BCUT2D eigenvalue weighted by atomic mass is 16.5. The van der Waals surface area contributed by atoms with Gasteiger partial charge in [-0.2, -0.15) is 5.10 Å². The van der Waals surface area contributed by atoms with E-state index in [1.165, 1.54) is 20.3 Å². The van der Waals surface area contributed by atoms with E-state index in [1.54, 1.807) is 24.3 Å². The van der Waals surface area contributed by atoms with Gasteiger partial charge in [-0.05, 0) is 42.8 Å².